The molecule has 2 amide bonds. The molecule has 0 spiro atoms. The molecule has 0 saturated carbocycles. The molecule has 0 fully saturated rings. The molecule has 0 atom stereocenters. The van der Waals surface area contributed by atoms with E-state index in [0.717, 1.165) is 6.42 Å². The van der Waals surface area contributed by atoms with E-state index in [1.54, 1.807) is 18.2 Å². The van der Waals surface area contributed by atoms with Gasteiger partial charge in [0.1, 0.15) is 5.75 Å². The molecule has 0 saturated heterocycles. The molecule has 4 N–H and O–H groups in total. The average molecular weight is 307 g/mol. The number of amides is 2. The number of hydrogen-bond donors (Lipinski definition) is 3. The fraction of sp³-hybridized carbons (Fsp3) is 0.500. The SMILES string of the molecule is CCCNC(=O)COc1ccc(C(=O)NCC(C)C)cc1N. The van der Waals surface area contributed by atoms with Gasteiger partial charge in [0.15, 0.2) is 6.61 Å². The lowest BCUT2D eigenvalue weighted by Crippen LogP contribution is -2.29. The van der Waals surface area contributed by atoms with Crippen molar-refractivity contribution in [3.8, 4) is 5.75 Å². The first kappa shape index (κ1) is 17.8. The van der Waals surface area contributed by atoms with E-state index >= 15 is 0 Å². The summed E-state index contributed by atoms with van der Waals surface area (Å²) in [5.41, 5.74) is 6.67. The molecule has 0 aromatic heterocycles. The number of nitrogens with two attached hydrogens (primary N) is 1. The molecular formula is C16H25N3O3. The van der Waals surface area contributed by atoms with Crippen LogP contribution < -0.4 is 21.1 Å². The number of carbonyl (C=O) groups is 2. The molecule has 0 bridgehead atoms. The predicted octanol–water partition coefficient (Wildman–Crippen LogP) is 1.56. The monoisotopic (exact) mass is 307 g/mol. The van der Waals surface area contributed by atoms with Crippen LogP contribution in [0, 0.1) is 5.92 Å². The van der Waals surface area contributed by atoms with E-state index in [2.05, 4.69) is 10.6 Å². The van der Waals surface area contributed by atoms with E-state index in [1.165, 1.54) is 0 Å². The highest BCUT2D eigenvalue weighted by Gasteiger charge is 2.10. The Kier molecular flexibility index (Phi) is 7.22. The van der Waals surface area contributed by atoms with Crippen molar-refractivity contribution in [2.45, 2.75) is 27.2 Å². The number of anilines is 1. The predicted molar refractivity (Wildman–Crippen MR) is 86.8 cm³/mol. The number of nitrogens with one attached hydrogen (secondary N) is 2. The Morgan fingerprint density at radius 1 is 1.27 bits per heavy atom. The van der Waals surface area contributed by atoms with Crippen molar-refractivity contribution in [2.24, 2.45) is 5.92 Å². The maximum absolute atomic E-state index is 11.9. The standard InChI is InChI=1S/C16H25N3O3/c1-4-7-18-15(20)10-22-14-6-5-12(8-13(14)17)16(21)19-9-11(2)3/h5-6,8,11H,4,7,9-10,17H2,1-3H3,(H,18,20)(H,19,21). The van der Waals surface area contributed by atoms with Gasteiger partial charge in [-0.15, -0.1) is 0 Å². The van der Waals surface area contributed by atoms with Crippen LogP contribution in [0.5, 0.6) is 5.75 Å². The normalized spacial score (nSPS) is 10.4. The van der Waals surface area contributed by atoms with Crippen molar-refractivity contribution in [3.63, 3.8) is 0 Å². The van der Waals surface area contributed by atoms with Gasteiger partial charge >= 0.3 is 0 Å². The van der Waals surface area contributed by atoms with Gasteiger partial charge in [0.05, 0.1) is 5.69 Å². The first-order valence-corrected chi connectivity index (χ1v) is 7.51. The van der Waals surface area contributed by atoms with Gasteiger partial charge in [0, 0.05) is 18.7 Å². The van der Waals surface area contributed by atoms with E-state index in [0.29, 0.717) is 36.0 Å². The zero-order valence-electron chi connectivity index (χ0n) is 13.4. The van der Waals surface area contributed by atoms with Crippen molar-refractivity contribution in [3.05, 3.63) is 23.8 Å². The third-order valence-corrected chi connectivity index (χ3v) is 2.87. The van der Waals surface area contributed by atoms with Crippen LogP contribution in [0.15, 0.2) is 18.2 Å². The van der Waals surface area contributed by atoms with Crippen LogP contribution in [0.1, 0.15) is 37.6 Å². The Bertz CT molecular complexity index is 515. The van der Waals surface area contributed by atoms with Crippen molar-refractivity contribution in [1.82, 2.24) is 10.6 Å². The van der Waals surface area contributed by atoms with Gasteiger partial charge in [-0.25, -0.2) is 0 Å². The Balaban J connectivity index is 2.58. The highest BCUT2D eigenvalue weighted by atomic mass is 16.5. The van der Waals surface area contributed by atoms with E-state index in [4.69, 9.17) is 10.5 Å². The number of ether oxygens (including phenoxy) is 1. The van der Waals surface area contributed by atoms with Crippen molar-refractivity contribution < 1.29 is 14.3 Å². The second-order valence-electron chi connectivity index (χ2n) is 5.50. The van der Waals surface area contributed by atoms with Crippen LogP contribution in [0.4, 0.5) is 5.69 Å². The zero-order valence-corrected chi connectivity index (χ0v) is 13.4. The Morgan fingerprint density at radius 2 is 2.00 bits per heavy atom. The van der Waals surface area contributed by atoms with Gasteiger partial charge in [-0.3, -0.25) is 9.59 Å². The third-order valence-electron chi connectivity index (χ3n) is 2.87. The summed E-state index contributed by atoms with van der Waals surface area (Å²) >= 11 is 0. The van der Waals surface area contributed by atoms with Crippen LogP contribution in [0.25, 0.3) is 0 Å². The largest absolute Gasteiger partial charge is 0.482 e. The van der Waals surface area contributed by atoms with E-state index in [9.17, 15) is 9.59 Å². The first-order chi connectivity index (χ1) is 10.4. The summed E-state index contributed by atoms with van der Waals surface area (Å²) in [5, 5.41) is 5.53. The third kappa shape index (κ3) is 6.03. The maximum atomic E-state index is 11.9. The highest BCUT2D eigenvalue weighted by Crippen LogP contribution is 2.22. The molecule has 1 aromatic rings. The van der Waals surface area contributed by atoms with Gasteiger partial charge in [-0.2, -0.15) is 0 Å². The molecule has 0 aliphatic heterocycles. The fourth-order valence-electron chi connectivity index (χ4n) is 1.68. The number of benzene rings is 1. The smallest absolute Gasteiger partial charge is 0.257 e. The van der Waals surface area contributed by atoms with Crippen LogP contribution >= 0.6 is 0 Å². The van der Waals surface area contributed by atoms with Gasteiger partial charge in [-0.1, -0.05) is 20.8 Å². The molecule has 1 rings (SSSR count). The zero-order chi connectivity index (χ0) is 16.5. The highest BCUT2D eigenvalue weighted by molar-refractivity contribution is 5.95. The van der Waals surface area contributed by atoms with Crippen molar-refractivity contribution in [2.75, 3.05) is 25.4 Å². The number of nitrogen functional groups attached to an aromatic ring is 1. The molecular weight excluding hydrogens is 282 g/mol. The van der Waals surface area contributed by atoms with Gasteiger partial charge < -0.3 is 21.1 Å². The summed E-state index contributed by atoms with van der Waals surface area (Å²) in [4.78, 5) is 23.4. The molecule has 22 heavy (non-hydrogen) atoms. The maximum Gasteiger partial charge on any atom is 0.257 e. The molecule has 0 aliphatic rings. The minimum absolute atomic E-state index is 0.0942. The van der Waals surface area contributed by atoms with Gasteiger partial charge in [0.2, 0.25) is 0 Å². The summed E-state index contributed by atoms with van der Waals surface area (Å²) in [5.74, 6) is 0.408. The second kappa shape index (κ2) is 8.92. The van der Waals surface area contributed by atoms with Gasteiger partial charge in [0.25, 0.3) is 11.8 Å². The summed E-state index contributed by atoms with van der Waals surface area (Å²) in [7, 11) is 0. The molecule has 6 heteroatoms. The van der Waals surface area contributed by atoms with E-state index in [1.807, 2.05) is 20.8 Å². The number of rotatable bonds is 8. The Morgan fingerprint density at radius 3 is 2.59 bits per heavy atom. The molecule has 0 aliphatic carbocycles. The summed E-state index contributed by atoms with van der Waals surface area (Å²) < 4.78 is 5.36. The number of hydrogen-bond acceptors (Lipinski definition) is 4. The molecule has 122 valence electrons. The Labute approximate surface area is 131 Å². The molecule has 1 aromatic carbocycles. The lowest BCUT2D eigenvalue weighted by Gasteiger charge is -2.11. The minimum atomic E-state index is -0.194. The number of carbonyl (C=O) groups excluding carboxylic acids is 2. The summed E-state index contributed by atoms with van der Waals surface area (Å²) in [6, 6.07) is 4.78. The molecule has 0 unspecified atom stereocenters. The van der Waals surface area contributed by atoms with E-state index in [-0.39, 0.29) is 18.4 Å². The van der Waals surface area contributed by atoms with Crippen LogP contribution in [0.2, 0.25) is 0 Å². The lowest BCUT2D eigenvalue weighted by atomic mass is 10.1. The summed E-state index contributed by atoms with van der Waals surface area (Å²) in [6.45, 7) is 7.15. The second-order valence-corrected chi connectivity index (χ2v) is 5.50. The molecule has 0 heterocycles. The van der Waals surface area contributed by atoms with Crippen LogP contribution in [0.3, 0.4) is 0 Å². The van der Waals surface area contributed by atoms with Crippen molar-refractivity contribution >= 4 is 17.5 Å². The molecule has 6 nitrogen and oxygen atoms in total. The van der Waals surface area contributed by atoms with Crippen LogP contribution in [-0.4, -0.2) is 31.5 Å². The fourth-order valence-corrected chi connectivity index (χ4v) is 1.68. The van der Waals surface area contributed by atoms with E-state index < -0.39 is 0 Å². The first-order valence-electron chi connectivity index (χ1n) is 7.51. The van der Waals surface area contributed by atoms with Crippen LogP contribution in [-0.2, 0) is 4.79 Å². The average Bonchev–Trinajstić information content (AvgIpc) is 2.49. The minimum Gasteiger partial charge on any atom is -0.482 e. The molecule has 0 radical (unpaired) electrons. The quantitative estimate of drug-likeness (QED) is 0.635. The topological polar surface area (TPSA) is 93.4 Å². The Hall–Kier alpha value is -2.24. The lowest BCUT2D eigenvalue weighted by molar-refractivity contribution is -0.123. The van der Waals surface area contributed by atoms with Gasteiger partial charge in [-0.05, 0) is 30.5 Å². The summed E-state index contributed by atoms with van der Waals surface area (Å²) in [6.07, 6.45) is 0.869. The van der Waals surface area contributed by atoms with Crippen molar-refractivity contribution in [1.29, 1.82) is 0 Å².